The Morgan fingerprint density at radius 2 is 1.90 bits per heavy atom. The highest BCUT2D eigenvalue weighted by atomic mass is 16.5. The van der Waals surface area contributed by atoms with E-state index in [1.165, 1.54) is 12.8 Å². The molecule has 1 aromatic carbocycles. The zero-order valence-electron chi connectivity index (χ0n) is 11.6. The number of nitrogens with zero attached hydrogens (tertiary/aromatic N) is 2. The number of hydrogen-bond acceptors (Lipinski definition) is 4. The molecule has 0 bridgehead atoms. The summed E-state index contributed by atoms with van der Waals surface area (Å²) >= 11 is 0. The van der Waals surface area contributed by atoms with Gasteiger partial charge in [-0.1, -0.05) is 19.1 Å². The average Bonchev–Trinajstić information content (AvgIpc) is 3.31. The predicted octanol–water partition coefficient (Wildman–Crippen LogP) is 2.72. The largest absolute Gasteiger partial charge is 0.490 e. The van der Waals surface area contributed by atoms with E-state index in [0.717, 1.165) is 23.7 Å². The molecule has 4 heteroatoms. The maximum absolute atomic E-state index is 5.77. The normalized spacial score (nSPS) is 15.8. The molecule has 1 aliphatic carbocycles. The second-order valence-electron chi connectivity index (χ2n) is 4.98. The number of aromatic nitrogens is 2. The highest BCUT2D eigenvalue weighted by Gasteiger charge is 2.23. The molecular formula is C16H19N3O. The summed E-state index contributed by atoms with van der Waals surface area (Å²) < 4.78 is 5.77. The van der Waals surface area contributed by atoms with Gasteiger partial charge >= 0.3 is 0 Å². The Hall–Kier alpha value is -1.94. The maximum atomic E-state index is 5.77. The highest BCUT2D eigenvalue weighted by molar-refractivity contribution is 5.32. The summed E-state index contributed by atoms with van der Waals surface area (Å²) in [5.74, 6) is 1.74. The third-order valence-electron chi connectivity index (χ3n) is 3.29. The van der Waals surface area contributed by atoms with Crippen molar-refractivity contribution in [3.8, 4) is 5.75 Å². The van der Waals surface area contributed by atoms with E-state index in [1.54, 1.807) is 12.4 Å². The zero-order valence-corrected chi connectivity index (χ0v) is 11.6. The van der Waals surface area contributed by atoms with E-state index in [0.29, 0.717) is 6.10 Å². The second-order valence-corrected chi connectivity index (χ2v) is 4.98. The maximum Gasteiger partial charge on any atom is 0.149 e. The van der Waals surface area contributed by atoms with Gasteiger partial charge in [0.1, 0.15) is 11.6 Å². The fraction of sp³-hybridized carbons (Fsp3) is 0.375. The first-order valence-corrected chi connectivity index (χ1v) is 7.13. The standard InChI is InChI=1S/C16H19N3O/c1-2-17-15(16-18-10-3-11-19-16)12-4-6-13(7-5-12)20-14-8-9-14/h3-7,10-11,14-15,17H,2,8-9H2,1H3. The van der Waals surface area contributed by atoms with Gasteiger partial charge in [-0.2, -0.15) is 0 Å². The molecule has 1 N–H and O–H groups in total. The van der Waals surface area contributed by atoms with E-state index in [-0.39, 0.29) is 6.04 Å². The number of rotatable bonds is 6. The van der Waals surface area contributed by atoms with Crippen LogP contribution in [0, 0.1) is 0 Å². The third-order valence-corrected chi connectivity index (χ3v) is 3.29. The molecule has 1 fully saturated rings. The van der Waals surface area contributed by atoms with Crippen LogP contribution in [0.3, 0.4) is 0 Å². The van der Waals surface area contributed by atoms with Gasteiger partial charge in [0, 0.05) is 12.4 Å². The van der Waals surface area contributed by atoms with Crippen LogP contribution in [0.1, 0.15) is 37.2 Å². The second kappa shape index (κ2) is 6.01. The summed E-state index contributed by atoms with van der Waals surface area (Å²) in [5.41, 5.74) is 1.15. The van der Waals surface area contributed by atoms with Gasteiger partial charge in [-0.25, -0.2) is 9.97 Å². The summed E-state index contributed by atoms with van der Waals surface area (Å²) in [6.45, 7) is 2.95. The number of ether oxygens (including phenoxy) is 1. The van der Waals surface area contributed by atoms with Gasteiger partial charge in [0.2, 0.25) is 0 Å². The summed E-state index contributed by atoms with van der Waals surface area (Å²) in [6, 6.07) is 10.1. The van der Waals surface area contributed by atoms with Crippen molar-refractivity contribution in [2.24, 2.45) is 0 Å². The van der Waals surface area contributed by atoms with Crippen molar-refractivity contribution >= 4 is 0 Å². The molecule has 0 amide bonds. The molecule has 1 aromatic heterocycles. The van der Waals surface area contributed by atoms with Crippen LogP contribution in [0.5, 0.6) is 5.75 Å². The molecular weight excluding hydrogens is 250 g/mol. The molecule has 0 aliphatic heterocycles. The first-order chi connectivity index (χ1) is 9.86. The van der Waals surface area contributed by atoms with E-state index >= 15 is 0 Å². The van der Waals surface area contributed by atoms with Crippen molar-refractivity contribution in [1.29, 1.82) is 0 Å². The molecule has 1 unspecified atom stereocenters. The molecule has 2 aromatic rings. The summed E-state index contributed by atoms with van der Waals surface area (Å²) in [5, 5.41) is 3.42. The molecule has 0 saturated heterocycles. The van der Waals surface area contributed by atoms with E-state index in [9.17, 15) is 0 Å². The first kappa shape index (κ1) is 13.1. The van der Waals surface area contributed by atoms with Crippen LogP contribution in [-0.4, -0.2) is 22.6 Å². The van der Waals surface area contributed by atoms with Crippen LogP contribution < -0.4 is 10.1 Å². The van der Waals surface area contributed by atoms with Crippen LogP contribution in [0.4, 0.5) is 0 Å². The van der Waals surface area contributed by atoms with Gasteiger partial charge in [0.25, 0.3) is 0 Å². The minimum absolute atomic E-state index is 0.0242. The first-order valence-electron chi connectivity index (χ1n) is 7.13. The molecule has 4 nitrogen and oxygen atoms in total. The molecule has 1 heterocycles. The Labute approximate surface area is 119 Å². The molecule has 20 heavy (non-hydrogen) atoms. The lowest BCUT2D eigenvalue weighted by atomic mass is 10.1. The van der Waals surface area contributed by atoms with Gasteiger partial charge in [-0.3, -0.25) is 0 Å². The van der Waals surface area contributed by atoms with Gasteiger partial charge in [0.15, 0.2) is 0 Å². The van der Waals surface area contributed by atoms with Crippen molar-refractivity contribution < 1.29 is 4.74 Å². The van der Waals surface area contributed by atoms with Crippen molar-refractivity contribution in [2.45, 2.75) is 31.9 Å². The Bertz CT molecular complexity index is 537. The van der Waals surface area contributed by atoms with Gasteiger partial charge in [0.05, 0.1) is 12.1 Å². The molecule has 104 valence electrons. The Balaban J connectivity index is 1.79. The van der Waals surface area contributed by atoms with Crippen LogP contribution in [0.2, 0.25) is 0 Å². The third kappa shape index (κ3) is 3.14. The van der Waals surface area contributed by atoms with Crippen LogP contribution >= 0.6 is 0 Å². The minimum atomic E-state index is 0.0242. The number of hydrogen-bond donors (Lipinski definition) is 1. The Morgan fingerprint density at radius 3 is 2.50 bits per heavy atom. The zero-order chi connectivity index (χ0) is 13.8. The van der Waals surface area contributed by atoms with E-state index in [1.807, 2.05) is 18.2 Å². The van der Waals surface area contributed by atoms with E-state index in [4.69, 9.17) is 4.74 Å². The van der Waals surface area contributed by atoms with Crippen LogP contribution in [0.15, 0.2) is 42.7 Å². The van der Waals surface area contributed by atoms with Crippen molar-refractivity contribution in [2.75, 3.05) is 6.54 Å². The van der Waals surface area contributed by atoms with E-state index in [2.05, 4.69) is 34.3 Å². The van der Waals surface area contributed by atoms with Crippen LogP contribution in [0.25, 0.3) is 0 Å². The molecule has 1 saturated carbocycles. The van der Waals surface area contributed by atoms with Crippen LogP contribution in [-0.2, 0) is 0 Å². The van der Waals surface area contributed by atoms with Gasteiger partial charge < -0.3 is 10.1 Å². The minimum Gasteiger partial charge on any atom is -0.490 e. The monoisotopic (exact) mass is 269 g/mol. The van der Waals surface area contributed by atoms with Crippen molar-refractivity contribution in [3.63, 3.8) is 0 Å². The fourth-order valence-corrected chi connectivity index (χ4v) is 2.14. The SMILES string of the molecule is CCNC(c1ccc(OC2CC2)cc1)c1ncccn1. The predicted molar refractivity (Wildman–Crippen MR) is 77.6 cm³/mol. The Morgan fingerprint density at radius 1 is 1.20 bits per heavy atom. The highest BCUT2D eigenvalue weighted by Crippen LogP contribution is 2.28. The summed E-state index contributed by atoms with van der Waals surface area (Å²) in [7, 11) is 0. The fourth-order valence-electron chi connectivity index (χ4n) is 2.14. The van der Waals surface area contributed by atoms with Gasteiger partial charge in [-0.15, -0.1) is 0 Å². The smallest absolute Gasteiger partial charge is 0.149 e. The average molecular weight is 269 g/mol. The molecule has 0 radical (unpaired) electrons. The topological polar surface area (TPSA) is 47.0 Å². The lowest BCUT2D eigenvalue weighted by molar-refractivity contribution is 0.303. The lowest BCUT2D eigenvalue weighted by Gasteiger charge is -2.17. The number of benzene rings is 1. The quantitative estimate of drug-likeness (QED) is 0.876. The molecule has 3 rings (SSSR count). The Kier molecular flexibility index (Phi) is 3.92. The molecule has 0 spiro atoms. The van der Waals surface area contributed by atoms with Crippen molar-refractivity contribution in [1.82, 2.24) is 15.3 Å². The molecule has 1 atom stereocenters. The van der Waals surface area contributed by atoms with Crippen molar-refractivity contribution in [3.05, 3.63) is 54.1 Å². The van der Waals surface area contributed by atoms with E-state index < -0.39 is 0 Å². The lowest BCUT2D eigenvalue weighted by Crippen LogP contribution is -2.23. The molecule has 1 aliphatic rings. The van der Waals surface area contributed by atoms with Gasteiger partial charge in [-0.05, 0) is 43.1 Å². The summed E-state index contributed by atoms with van der Waals surface area (Å²) in [6.07, 6.45) is 6.34. The summed E-state index contributed by atoms with van der Waals surface area (Å²) in [4.78, 5) is 8.70. The number of nitrogens with one attached hydrogen (secondary N) is 1.